The van der Waals surface area contributed by atoms with E-state index in [0.717, 1.165) is 11.1 Å². The van der Waals surface area contributed by atoms with Crippen molar-refractivity contribution in [2.24, 2.45) is 0 Å². The fraction of sp³-hybridized carbons (Fsp3) is 0.467. The second kappa shape index (κ2) is 5.25. The monoisotopic (exact) mass is 276 g/mol. The first-order chi connectivity index (χ1) is 9.27. The smallest absolute Gasteiger partial charge is 0.392 e. The van der Waals surface area contributed by atoms with Gasteiger partial charge in [0.2, 0.25) is 5.89 Å². The number of benzene rings is 1. The van der Waals surface area contributed by atoms with Crippen LogP contribution in [0.2, 0.25) is 0 Å². The second-order valence-electron chi connectivity index (χ2n) is 6.03. The summed E-state index contributed by atoms with van der Waals surface area (Å²) in [6.45, 7) is 7.81. The highest BCUT2D eigenvalue weighted by molar-refractivity contribution is 5.22. The molecule has 0 saturated heterocycles. The Balaban J connectivity index is 2.20. The van der Waals surface area contributed by atoms with Crippen molar-refractivity contribution in [2.45, 2.75) is 45.8 Å². The lowest BCUT2D eigenvalue weighted by Gasteiger charge is -2.12. The number of nitrogens with zero attached hydrogens (tertiary/aromatic N) is 2. The molecular formula is C15H20N2O3. The van der Waals surface area contributed by atoms with E-state index < -0.39 is 11.9 Å². The summed E-state index contributed by atoms with van der Waals surface area (Å²) in [6, 6.07) is 7.53. The Bertz CT molecular complexity index is 632. The number of aliphatic hydroxyl groups excluding tert-OH is 1. The molecule has 0 aliphatic carbocycles. The lowest BCUT2D eigenvalue weighted by atomic mass is 9.97. The lowest BCUT2D eigenvalue weighted by Crippen LogP contribution is -2.20. The Kier molecular flexibility index (Phi) is 3.81. The van der Waals surface area contributed by atoms with Crippen molar-refractivity contribution in [3.63, 3.8) is 0 Å². The topological polar surface area (TPSA) is 68.3 Å². The molecule has 20 heavy (non-hydrogen) atoms. The normalized spacial score (nSPS) is 13.4. The third kappa shape index (κ3) is 3.17. The molecule has 1 atom stereocenters. The van der Waals surface area contributed by atoms with E-state index in [0.29, 0.717) is 5.89 Å². The maximum atomic E-state index is 11.7. The molecule has 0 aliphatic heterocycles. The first kappa shape index (κ1) is 14.5. The summed E-state index contributed by atoms with van der Waals surface area (Å²) in [5.41, 5.74) is 1.54. The zero-order valence-electron chi connectivity index (χ0n) is 12.3. The average Bonchev–Trinajstić information content (AvgIpc) is 2.71. The first-order valence-electron chi connectivity index (χ1n) is 6.60. The van der Waals surface area contributed by atoms with Gasteiger partial charge in [-0.15, -0.1) is 5.10 Å². The zero-order valence-corrected chi connectivity index (χ0v) is 12.3. The van der Waals surface area contributed by atoms with Crippen LogP contribution in [0.4, 0.5) is 0 Å². The third-order valence-electron chi connectivity index (χ3n) is 3.06. The van der Waals surface area contributed by atoms with Gasteiger partial charge in [0.15, 0.2) is 0 Å². The third-order valence-corrected chi connectivity index (χ3v) is 3.06. The van der Waals surface area contributed by atoms with Crippen LogP contribution < -0.4 is 5.76 Å². The molecule has 1 aromatic heterocycles. The summed E-state index contributed by atoms with van der Waals surface area (Å²) in [7, 11) is 0. The standard InChI is InChI=1S/C15H20N2O3/c1-10-5-7-11(8-6-10)12(18)9-17-14(19)20-13(16-17)15(2,3)4/h5-8,12,18H,9H2,1-4H3. The number of aromatic nitrogens is 2. The van der Waals surface area contributed by atoms with E-state index in [9.17, 15) is 9.90 Å². The lowest BCUT2D eigenvalue weighted by molar-refractivity contribution is 0.148. The summed E-state index contributed by atoms with van der Waals surface area (Å²) in [6.07, 6.45) is -0.786. The molecule has 1 aromatic carbocycles. The highest BCUT2D eigenvalue weighted by Gasteiger charge is 2.23. The molecule has 0 radical (unpaired) electrons. The molecule has 108 valence electrons. The van der Waals surface area contributed by atoms with Crippen LogP contribution in [0, 0.1) is 6.92 Å². The van der Waals surface area contributed by atoms with E-state index >= 15 is 0 Å². The fourth-order valence-electron chi connectivity index (χ4n) is 1.78. The second-order valence-corrected chi connectivity index (χ2v) is 6.03. The van der Waals surface area contributed by atoms with Crippen LogP contribution in [-0.4, -0.2) is 14.9 Å². The van der Waals surface area contributed by atoms with Crippen molar-refractivity contribution in [2.75, 3.05) is 0 Å². The molecule has 2 rings (SSSR count). The highest BCUT2D eigenvalue weighted by Crippen LogP contribution is 2.19. The van der Waals surface area contributed by atoms with Gasteiger partial charge < -0.3 is 9.52 Å². The van der Waals surface area contributed by atoms with Gasteiger partial charge in [-0.3, -0.25) is 0 Å². The predicted molar refractivity (Wildman–Crippen MR) is 75.6 cm³/mol. The molecule has 5 heteroatoms. The Hall–Kier alpha value is -1.88. The van der Waals surface area contributed by atoms with Gasteiger partial charge in [0.05, 0.1) is 12.6 Å². The van der Waals surface area contributed by atoms with E-state index in [2.05, 4.69) is 5.10 Å². The molecule has 0 bridgehead atoms. The van der Waals surface area contributed by atoms with Crippen LogP contribution in [0.25, 0.3) is 0 Å². The van der Waals surface area contributed by atoms with Crippen LogP contribution in [0.1, 0.15) is 43.9 Å². The SMILES string of the molecule is Cc1ccc(C(O)Cn2nc(C(C)(C)C)oc2=O)cc1. The fourth-order valence-corrected chi connectivity index (χ4v) is 1.78. The number of aryl methyl sites for hydroxylation is 1. The van der Waals surface area contributed by atoms with Gasteiger partial charge in [-0.25, -0.2) is 4.79 Å². The molecule has 1 heterocycles. The van der Waals surface area contributed by atoms with Gasteiger partial charge in [-0.05, 0) is 12.5 Å². The predicted octanol–water partition coefficient (Wildman–Crippen LogP) is 2.18. The summed E-state index contributed by atoms with van der Waals surface area (Å²) in [5.74, 6) is -0.167. The minimum atomic E-state index is -0.786. The number of hydrogen-bond acceptors (Lipinski definition) is 4. The van der Waals surface area contributed by atoms with Crippen LogP contribution in [-0.2, 0) is 12.0 Å². The summed E-state index contributed by atoms with van der Waals surface area (Å²) < 4.78 is 6.29. The van der Waals surface area contributed by atoms with Crippen molar-refractivity contribution in [1.82, 2.24) is 9.78 Å². The van der Waals surface area contributed by atoms with Crippen molar-refractivity contribution < 1.29 is 9.52 Å². The molecule has 0 saturated carbocycles. The van der Waals surface area contributed by atoms with E-state index in [4.69, 9.17) is 4.42 Å². The molecule has 1 unspecified atom stereocenters. The van der Waals surface area contributed by atoms with E-state index in [1.54, 1.807) is 0 Å². The Morgan fingerprint density at radius 3 is 2.40 bits per heavy atom. The van der Waals surface area contributed by atoms with E-state index in [1.807, 2.05) is 52.0 Å². The molecule has 5 nitrogen and oxygen atoms in total. The molecular weight excluding hydrogens is 256 g/mol. The molecule has 2 aromatic rings. The Labute approximate surface area is 117 Å². The van der Waals surface area contributed by atoms with E-state index in [1.165, 1.54) is 4.68 Å². The van der Waals surface area contributed by atoms with Crippen LogP contribution in [0.5, 0.6) is 0 Å². The Morgan fingerprint density at radius 2 is 1.90 bits per heavy atom. The van der Waals surface area contributed by atoms with Gasteiger partial charge in [0.1, 0.15) is 0 Å². The van der Waals surface area contributed by atoms with Gasteiger partial charge in [0, 0.05) is 5.41 Å². The number of aliphatic hydroxyl groups is 1. The largest absolute Gasteiger partial charge is 0.437 e. The summed E-state index contributed by atoms with van der Waals surface area (Å²) in [5, 5.41) is 14.3. The van der Waals surface area contributed by atoms with Crippen LogP contribution in [0.3, 0.4) is 0 Å². The maximum absolute atomic E-state index is 11.7. The molecule has 1 N–H and O–H groups in total. The minimum absolute atomic E-state index is 0.0848. The number of hydrogen-bond donors (Lipinski definition) is 1. The molecule has 0 fully saturated rings. The molecule has 0 aliphatic rings. The van der Waals surface area contributed by atoms with Crippen molar-refractivity contribution in [1.29, 1.82) is 0 Å². The first-order valence-corrected chi connectivity index (χ1v) is 6.60. The molecule has 0 amide bonds. The van der Waals surface area contributed by atoms with Gasteiger partial charge in [-0.2, -0.15) is 4.68 Å². The van der Waals surface area contributed by atoms with Gasteiger partial charge in [0.25, 0.3) is 0 Å². The van der Waals surface area contributed by atoms with Gasteiger partial charge in [-0.1, -0.05) is 50.6 Å². The number of rotatable bonds is 3. The quantitative estimate of drug-likeness (QED) is 0.933. The Morgan fingerprint density at radius 1 is 1.30 bits per heavy atom. The summed E-state index contributed by atoms with van der Waals surface area (Å²) in [4.78, 5) is 11.7. The van der Waals surface area contributed by atoms with Crippen molar-refractivity contribution >= 4 is 0 Å². The maximum Gasteiger partial charge on any atom is 0.437 e. The van der Waals surface area contributed by atoms with Gasteiger partial charge >= 0.3 is 5.76 Å². The van der Waals surface area contributed by atoms with E-state index in [-0.39, 0.29) is 12.0 Å². The van der Waals surface area contributed by atoms with Crippen LogP contribution >= 0.6 is 0 Å². The highest BCUT2D eigenvalue weighted by atomic mass is 16.4. The van der Waals surface area contributed by atoms with Crippen LogP contribution in [0.15, 0.2) is 33.5 Å². The summed E-state index contributed by atoms with van der Waals surface area (Å²) >= 11 is 0. The van der Waals surface area contributed by atoms with Crippen molar-refractivity contribution in [3.05, 3.63) is 51.8 Å². The zero-order chi connectivity index (χ0) is 14.9. The average molecular weight is 276 g/mol. The molecule has 0 spiro atoms. The minimum Gasteiger partial charge on any atom is -0.392 e. The van der Waals surface area contributed by atoms with Crippen molar-refractivity contribution in [3.8, 4) is 0 Å².